The molecule has 2 heterocycles. The lowest BCUT2D eigenvalue weighted by atomic mass is 10.1. The van der Waals surface area contributed by atoms with Crippen LogP contribution >= 0.6 is 0 Å². The van der Waals surface area contributed by atoms with Crippen molar-refractivity contribution in [3.8, 4) is 5.69 Å². The zero-order chi connectivity index (χ0) is 19.9. The topological polar surface area (TPSA) is 96.8 Å². The number of rotatable bonds is 8. The number of nitrogens with zero attached hydrogens (tertiary/aromatic N) is 4. The van der Waals surface area contributed by atoms with Crippen molar-refractivity contribution in [3.63, 3.8) is 0 Å². The predicted molar refractivity (Wildman–Crippen MR) is 111 cm³/mol. The Morgan fingerprint density at radius 2 is 1.89 bits per heavy atom. The SMILES string of the molecule is CCNC(=O)NCCNc1nc([C@@H](C)CC)nc2c1cnn2-c1ccccc1. The molecule has 0 bridgehead atoms. The van der Waals surface area contributed by atoms with E-state index >= 15 is 0 Å². The van der Waals surface area contributed by atoms with Crippen molar-refractivity contribution in [2.24, 2.45) is 0 Å². The fraction of sp³-hybridized carbons (Fsp3) is 0.400. The van der Waals surface area contributed by atoms with Crippen LogP contribution in [0, 0.1) is 0 Å². The van der Waals surface area contributed by atoms with E-state index in [1.165, 1.54) is 0 Å². The molecule has 1 atom stereocenters. The molecule has 0 aliphatic heterocycles. The Balaban J connectivity index is 1.88. The van der Waals surface area contributed by atoms with Gasteiger partial charge in [-0.3, -0.25) is 0 Å². The van der Waals surface area contributed by atoms with Gasteiger partial charge in [0.25, 0.3) is 0 Å². The van der Waals surface area contributed by atoms with Crippen molar-refractivity contribution < 1.29 is 4.79 Å². The lowest BCUT2D eigenvalue weighted by Gasteiger charge is -2.13. The van der Waals surface area contributed by atoms with Crippen LogP contribution in [0.3, 0.4) is 0 Å². The van der Waals surface area contributed by atoms with E-state index in [0.29, 0.717) is 19.6 Å². The summed E-state index contributed by atoms with van der Waals surface area (Å²) in [5, 5.41) is 14.2. The molecule has 2 amide bonds. The molecule has 3 rings (SSSR count). The number of aromatic nitrogens is 4. The number of carbonyl (C=O) groups excluding carboxylic acids is 1. The van der Waals surface area contributed by atoms with Gasteiger partial charge in [-0.1, -0.05) is 32.0 Å². The summed E-state index contributed by atoms with van der Waals surface area (Å²) in [4.78, 5) is 21.0. The molecule has 3 aromatic rings. The Bertz CT molecular complexity index is 923. The van der Waals surface area contributed by atoms with Crippen LogP contribution in [-0.2, 0) is 0 Å². The minimum atomic E-state index is -0.172. The van der Waals surface area contributed by atoms with Crippen molar-refractivity contribution in [1.82, 2.24) is 30.4 Å². The number of nitrogens with one attached hydrogen (secondary N) is 3. The predicted octanol–water partition coefficient (Wildman–Crippen LogP) is 3.06. The number of anilines is 1. The van der Waals surface area contributed by atoms with Crippen LogP contribution in [0.15, 0.2) is 36.5 Å². The second-order valence-corrected chi connectivity index (χ2v) is 6.58. The lowest BCUT2D eigenvalue weighted by Crippen LogP contribution is -2.37. The van der Waals surface area contributed by atoms with Gasteiger partial charge in [0.05, 0.1) is 17.3 Å². The van der Waals surface area contributed by atoms with Gasteiger partial charge in [-0.15, -0.1) is 0 Å². The molecule has 8 nitrogen and oxygen atoms in total. The summed E-state index contributed by atoms with van der Waals surface area (Å²) in [6.45, 7) is 7.77. The molecule has 0 saturated heterocycles. The number of amides is 2. The third kappa shape index (κ3) is 4.39. The summed E-state index contributed by atoms with van der Waals surface area (Å²) < 4.78 is 1.83. The van der Waals surface area contributed by atoms with Crippen molar-refractivity contribution in [2.45, 2.75) is 33.1 Å². The smallest absolute Gasteiger partial charge is 0.314 e. The highest BCUT2D eigenvalue weighted by atomic mass is 16.2. The molecule has 0 aliphatic carbocycles. The maximum Gasteiger partial charge on any atom is 0.314 e. The van der Waals surface area contributed by atoms with E-state index in [-0.39, 0.29) is 11.9 Å². The average Bonchev–Trinajstić information content (AvgIpc) is 3.15. The van der Waals surface area contributed by atoms with Crippen LogP contribution < -0.4 is 16.0 Å². The van der Waals surface area contributed by atoms with E-state index in [9.17, 15) is 4.79 Å². The molecule has 28 heavy (non-hydrogen) atoms. The van der Waals surface area contributed by atoms with Gasteiger partial charge in [-0.25, -0.2) is 19.4 Å². The Morgan fingerprint density at radius 1 is 1.11 bits per heavy atom. The summed E-state index contributed by atoms with van der Waals surface area (Å²) in [7, 11) is 0. The molecule has 0 aliphatic rings. The fourth-order valence-electron chi connectivity index (χ4n) is 2.80. The molecule has 0 saturated carbocycles. The number of para-hydroxylation sites is 1. The maximum atomic E-state index is 11.5. The molecular weight excluding hydrogens is 354 g/mol. The monoisotopic (exact) mass is 381 g/mol. The van der Waals surface area contributed by atoms with E-state index in [0.717, 1.165) is 34.8 Å². The van der Waals surface area contributed by atoms with Crippen molar-refractivity contribution >= 4 is 22.9 Å². The zero-order valence-corrected chi connectivity index (χ0v) is 16.6. The molecule has 1 aromatic carbocycles. The van der Waals surface area contributed by atoms with E-state index < -0.39 is 0 Å². The van der Waals surface area contributed by atoms with E-state index in [1.54, 1.807) is 6.20 Å². The molecule has 2 aromatic heterocycles. The molecule has 148 valence electrons. The third-order valence-corrected chi connectivity index (χ3v) is 4.54. The van der Waals surface area contributed by atoms with Crippen LogP contribution in [0.1, 0.15) is 38.9 Å². The van der Waals surface area contributed by atoms with Gasteiger partial charge in [0, 0.05) is 25.6 Å². The highest BCUT2D eigenvalue weighted by Gasteiger charge is 2.16. The van der Waals surface area contributed by atoms with Gasteiger partial charge >= 0.3 is 6.03 Å². The number of benzene rings is 1. The van der Waals surface area contributed by atoms with E-state index in [2.05, 4.69) is 34.9 Å². The molecule has 0 radical (unpaired) electrons. The first kappa shape index (κ1) is 19.6. The first-order chi connectivity index (χ1) is 13.6. The summed E-state index contributed by atoms with van der Waals surface area (Å²) in [6.07, 6.45) is 2.73. The van der Waals surface area contributed by atoms with Crippen molar-refractivity contribution in [2.75, 3.05) is 25.0 Å². The Kier molecular flexibility index (Phi) is 6.41. The van der Waals surface area contributed by atoms with Gasteiger partial charge in [0.2, 0.25) is 0 Å². The van der Waals surface area contributed by atoms with Crippen LogP contribution in [0.2, 0.25) is 0 Å². The minimum absolute atomic E-state index is 0.172. The summed E-state index contributed by atoms with van der Waals surface area (Å²) in [6, 6.07) is 9.76. The van der Waals surface area contributed by atoms with Gasteiger partial charge in [0.15, 0.2) is 5.65 Å². The molecule has 0 fully saturated rings. The van der Waals surface area contributed by atoms with Crippen LogP contribution in [0.4, 0.5) is 10.6 Å². The third-order valence-electron chi connectivity index (χ3n) is 4.54. The number of hydrogen-bond donors (Lipinski definition) is 3. The quantitative estimate of drug-likeness (QED) is 0.521. The number of hydrogen-bond acceptors (Lipinski definition) is 5. The van der Waals surface area contributed by atoms with E-state index in [1.807, 2.05) is 41.9 Å². The fourth-order valence-corrected chi connectivity index (χ4v) is 2.80. The molecule has 3 N–H and O–H groups in total. The number of urea groups is 1. The number of carbonyl (C=O) groups is 1. The second kappa shape index (κ2) is 9.16. The Hall–Kier alpha value is -3.16. The number of fused-ring (bicyclic) bond motifs is 1. The molecule has 0 unspecified atom stereocenters. The van der Waals surface area contributed by atoms with Crippen LogP contribution in [0.5, 0.6) is 0 Å². The standard InChI is InChI=1S/C20H27N7O/c1-4-14(3)17-25-18(22-11-12-23-20(28)21-5-2)16-13-24-27(19(16)26-17)15-9-7-6-8-10-15/h6-10,13-14H,4-5,11-12H2,1-3H3,(H2,21,23,28)(H,22,25,26)/t14-/m0/s1. The largest absolute Gasteiger partial charge is 0.368 e. The van der Waals surface area contributed by atoms with E-state index in [4.69, 9.17) is 9.97 Å². The van der Waals surface area contributed by atoms with Crippen molar-refractivity contribution in [3.05, 3.63) is 42.4 Å². The summed E-state index contributed by atoms with van der Waals surface area (Å²) >= 11 is 0. The van der Waals surface area contributed by atoms with Gasteiger partial charge < -0.3 is 16.0 Å². The van der Waals surface area contributed by atoms with Crippen LogP contribution in [-0.4, -0.2) is 45.4 Å². The Labute approximate surface area is 164 Å². The highest BCUT2D eigenvalue weighted by Crippen LogP contribution is 2.26. The molecule has 0 spiro atoms. The maximum absolute atomic E-state index is 11.5. The second-order valence-electron chi connectivity index (χ2n) is 6.58. The van der Waals surface area contributed by atoms with Gasteiger partial charge in [-0.05, 0) is 25.5 Å². The first-order valence-corrected chi connectivity index (χ1v) is 9.70. The zero-order valence-electron chi connectivity index (χ0n) is 16.6. The highest BCUT2D eigenvalue weighted by molar-refractivity contribution is 5.87. The molecular formula is C20H27N7O. The van der Waals surface area contributed by atoms with Gasteiger partial charge in [0.1, 0.15) is 11.6 Å². The van der Waals surface area contributed by atoms with Gasteiger partial charge in [-0.2, -0.15) is 5.10 Å². The van der Waals surface area contributed by atoms with Crippen LogP contribution in [0.25, 0.3) is 16.7 Å². The Morgan fingerprint density at radius 3 is 2.61 bits per heavy atom. The first-order valence-electron chi connectivity index (χ1n) is 9.70. The summed E-state index contributed by atoms with van der Waals surface area (Å²) in [5.74, 6) is 1.75. The van der Waals surface area contributed by atoms with Crippen molar-refractivity contribution in [1.29, 1.82) is 0 Å². The average molecular weight is 381 g/mol. The normalized spacial score (nSPS) is 12.0. The summed E-state index contributed by atoms with van der Waals surface area (Å²) in [5.41, 5.74) is 1.73. The minimum Gasteiger partial charge on any atom is -0.368 e. The lowest BCUT2D eigenvalue weighted by molar-refractivity contribution is 0.242. The molecule has 8 heteroatoms.